The number of hydrogen-bond acceptors (Lipinski definition) is 4. The van der Waals surface area contributed by atoms with Crippen molar-refractivity contribution in [2.75, 3.05) is 19.5 Å². The molecule has 25 heavy (non-hydrogen) atoms. The molecule has 0 aliphatic rings. The highest BCUT2D eigenvalue weighted by atomic mass is 35.5. The molecule has 2 N–H and O–H groups in total. The standard InChI is InChI=1S/C16H12Cl3NO5/c1-24-12-6-11(10(19)5-7(12)16(22)23)20-15(21)13-8(17)3-4-9(18)14(13)25-2/h3-6H,1-2H3,(H,20,21)(H,22,23). The third-order valence-corrected chi connectivity index (χ3v) is 4.18. The Balaban J connectivity index is 2.46. The second-order valence-corrected chi connectivity index (χ2v) is 5.95. The van der Waals surface area contributed by atoms with Crippen molar-refractivity contribution in [1.29, 1.82) is 0 Å². The zero-order valence-electron chi connectivity index (χ0n) is 13.0. The predicted octanol–water partition coefficient (Wildman–Crippen LogP) is 4.61. The molecule has 0 spiro atoms. The first-order chi connectivity index (χ1) is 11.8. The molecule has 0 radical (unpaired) electrons. The lowest BCUT2D eigenvalue weighted by Crippen LogP contribution is -2.15. The van der Waals surface area contributed by atoms with E-state index in [9.17, 15) is 9.59 Å². The summed E-state index contributed by atoms with van der Waals surface area (Å²) in [5, 5.41) is 12.0. The molecule has 6 nitrogen and oxygen atoms in total. The normalized spacial score (nSPS) is 10.3. The minimum atomic E-state index is -1.21. The van der Waals surface area contributed by atoms with E-state index in [0.29, 0.717) is 0 Å². The van der Waals surface area contributed by atoms with Gasteiger partial charge in [0.2, 0.25) is 0 Å². The molecule has 0 saturated carbocycles. The van der Waals surface area contributed by atoms with E-state index in [4.69, 9.17) is 49.4 Å². The Morgan fingerprint density at radius 3 is 2.20 bits per heavy atom. The van der Waals surface area contributed by atoms with Crippen LogP contribution in [0.15, 0.2) is 24.3 Å². The van der Waals surface area contributed by atoms with Gasteiger partial charge in [0.1, 0.15) is 16.9 Å². The first kappa shape index (κ1) is 19.2. The van der Waals surface area contributed by atoms with Gasteiger partial charge in [0.05, 0.1) is 35.0 Å². The zero-order valence-corrected chi connectivity index (χ0v) is 15.3. The molecule has 0 bridgehead atoms. The number of anilines is 1. The number of benzene rings is 2. The lowest BCUT2D eigenvalue weighted by molar-refractivity contribution is 0.0693. The molecule has 1 amide bonds. The second kappa shape index (κ2) is 7.82. The van der Waals surface area contributed by atoms with Gasteiger partial charge >= 0.3 is 5.97 Å². The van der Waals surface area contributed by atoms with Crippen LogP contribution in [0.1, 0.15) is 20.7 Å². The van der Waals surface area contributed by atoms with Crippen molar-refractivity contribution >= 4 is 52.4 Å². The number of carbonyl (C=O) groups is 2. The first-order valence-corrected chi connectivity index (χ1v) is 7.87. The number of carboxylic acids is 1. The lowest BCUT2D eigenvalue weighted by Gasteiger charge is -2.14. The Morgan fingerprint density at radius 2 is 1.64 bits per heavy atom. The van der Waals surface area contributed by atoms with E-state index in [1.807, 2.05) is 0 Å². The van der Waals surface area contributed by atoms with Crippen molar-refractivity contribution in [2.24, 2.45) is 0 Å². The summed E-state index contributed by atoms with van der Waals surface area (Å²) in [6.07, 6.45) is 0. The number of carbonyl (C=O) groups excluding carboxylic acids is 1. The van der Waals surface area contributed by atoms with Crippen LogP contribution in [0.25, 0.3) is 0 Å². The highest BCUT2D eigenvalue weighted by Crippen LogP contribution is 2.36. The maximum absolute atomic E-state index is 12.6. The smallest absolute Gasteiger partial charge is 0.339 e. The quantitative estimate of drug-likeness (QED) is 0.760. The van der Waals surface area contributed by atoms with Gasteiger partial charge in [-0.05, 0) is 18.2 Å². The second-order valence-electron chi connectivity index (χ2n) is 4.73. The maximum Gasteiger partial charge on any atom is 0.339 e. The summed E-state index contributed by atoms with van der Waals surface area (Å²) < 4.78 is 10.1. The first-order valence-electron chi connectivity index (χ1n) is 6.74. The van der Waals surface area contributed by atoms with Crippen molar-refractivity contribution < 1.29 is 24.2 Å². The van der Waals surface area contributed by atoms with Crippen molar-refractivity contribution in [3.8, 4) is 11.5 Å². The highest BCUT2D eigenvalue weighted by Gasteiger charge is 2.22. The van der Waals surface area contributed by atoms with Crippen molar-refractivity contribution in [3.63, 3.8) is 0 Å². The molecule has 2 rings (SSSR count). The van der Waals surface area contributed by atoms with Gasteiger partial charge in [-0.1, -0.05) is 34.8 Å². The maximum atomic E-state index is 12.6. The van der Waals surface area contributed by atoms with Crippen LogP contribution in [0.3, 0.4) is 0 Å². The molecule has 0 unspecified atom stereocenters. The number of rotatable bonds is 5. The molecular weight excluding hydrogens is 393 g/mol. The van der Waals surface area contributed by atoms with E-state index < -0.39 is 11.9 Å². The monoisotopic (exact) mass is 403 g/mol. The van der Waals surface area contributed by atoms with Crippen LogP contribution in [-0.2, 0) is 0 Å². The molecule has 0 atom stereocenters. The summed E-state index contributed by atoms with van der Waals surface area (Å²) in [6, 6.07) is 5.43. The van der Waals surface area contributed by atoms with Gasteiger partial charge in [-0.3, -0.25) is 4.79 Å². The Morgan fingerprint density at radius 1 is 1.00 bits per heavy atom. The Bertz CT molecular complexity index is 854. The summed E-state index contributed by atoms with van der Waals surface area (Å²) >= 11 is 18.1. The van der Waals surface area contributed by atoms with Crippen LogP contribution in [-0.4, -0.2) is 31.2 Å². The van der Waals surface area contributed by atoms with Gasteiger partial charge in [0.15, 0.2) is 5.75 Å². The summed E-state index contributed by atoms with van der Waals surface area (Å²) in [6.45, 7) is 0. The van der Waals surface area contributed by atoms with E-state index >= 15 is 0 Å². The average molecular weight is 405 g/mol. The molecule has 0 aromatic heterocycles. The molecule has 2 aromatic rings. The SMILES string of the molecule is COc1cc(NC(=O)c2c(Cl)ccc(Cl)c2OC)c(Cl)cc1C(=O)O. The fourth-order valence-electron chi connectivity index (χ4n) is 2.11. The molecule has 2 aromatic carbocycles. The number of nitrogens with one attached hydrogen (secondary N) is 1. The summed E-state index contributed by atoms with van der Waals surface area (Å²) in [5.41, 5.74) is 0.0319. The van der Waals surface area contributed by atoms with E-state index in [-0.39, 0.29) is 43.4 Å². The molecule has 0 aliphatic carbocycles. The van der Waals surface area contributed by atoms with Gasteiger partial charge in [-0.2, -0.15) is 0 Å². The zero-order chi connectivity index (χ0) is 18.7. The van der Waals surface area contributed by atoms with E-state index in [1.54, 1.807) is 0 Å². The number of carboxylic acid groups (broad SMARTS) is 1. The van der Waals surface area contributed by atoms with Gasteiger partial charge in [-0.15, -0.1) is 0 Å². The van der Waals surface area contributed by atoms with Gasteiger partial charge in [0, 0.05) is 6.07 Å². The molecular formula is C16H12Cl3NO5. The van der Waals surface area contributed by atoms with Crippen LogP contribution in [0, 0.1) is 0 Å². The van der Waals surface area contributed by atoms with Crippen molar-refractivity contribution in [1.82, 2.24) is 0 Å². The lowest BCUT2D eigenvalue weighted by atomic mass is 10.1. The molecule has 0 aliphatic heterocycles. The number of halogens is 3. The molecule has 132 valence electrons. The van der Waals surface area contributed by atoms with Crippen molar-refractivity contribution in [3.05, 3.63) is 50.5 Å². The fraction of sp³-hybridized carbons (Fsp3) is 0.125. The molecule has 9 heteroatoms. The van der Waals surface area contributed by atoms with Crippen LogP contribution >= 0.6 is 34.8 Å². The van der Waals surface area contributed by atoms with Crippen molar-refractivity contribution in [2.45, 2.75) is 0 Å². The topological polar surface area (TPSA) is 84.9 Å². The molecule has 0 saturated heterocycles. The largest absolute Gasteiger partial charge is 0.496 e. The minimum absolute atomic E-state index is 0.0173. The predicted molar refractivity (Wildman–Crippen MR) is 95.9 cm³/mol. The van der Waals surface area contributed by atoms with Gasteiger partial charge < -0.3 is 19.9 Å². The number of methoxy groups -OCH3 is 2. The number of hydrogen-bond donors (Lipinski definition) is 2. The summed E-state index contributed by atoms with van der Waals surface area (Å²) in [4.78, 5) is 23.8. The van der Waals surface area contributed by atoms with Gasteiger partial charge in [-0.25, -0.2) is 4.79 Å². The van der Waals surface area contributed by atoms with Gasteiger partial charge in [0.25, 0.3) is 5.91 Å². The molecule has 0 heterocycles. The Kier molecular flexibility index (Phi) is 6.00. The Labute approximate surface area is 158 Å². The van der Waals surface area contributed by atoms with E-state index in [1.165, 1.54) is 38.5 Å². The Hall–Kier alpha value is -2.15. The van der Waals surface area contributed by atoms with E-state index in [2.05, 4.69) is 5.32 Å². The summed E-state index contributed by atoms with van der Waals surface area (Å²) in [5.74, 6) is -1.69. The highest BCUT2D eigenvalue weighted by molar-refractivity contribution is 6.38. The minimum Gasteiger partial charge on any atom is -0.496 e. The van der Waals surface area contributed by atoms with E-state index in [0.717, 1.165) is 0 Å². The van der Waals surface area contributed by atoms with Crippen LogP contribution in [0.2, 0.25) is 15.1 Å². The number of aromatic carboxylic acids is 1. The fourth-order valence-corrected chi connectivity index (χ4v) is 2.79. The third-order valence-electron chi connectivity index (χ3n) is 3.26. The van der Waals surface area contributed by atoms with Crippen LogP contribution in [0.5, 0.6) is 11.5 Å². The van der Waals surface area contributed by atoms with Crippen LogP contribution < -0.4 is 14.8 Å². The van der Waals surface area contributed by atoms with Crippen LogP contribution in [0.4, 0.5) is 5.69 Å². The third kappa shape index (κ3) is 3.92. The average Bonchev–Trinajstić information content (AvgIpc) is 2.57. The number of amides is 1. The summed E-state index contributed by atoms with van der Waals surface area (Å²) in [7, 11) is 2.66. The molecule has 0 fully saturated rings. The number of ether oxygens (including phenoxy) is 2.